The van der Waals surface area contributed by atoms with Crippen LogP contribution in [0.4, 0.5) is 0 Å². The van der Waals surface area contributed by atoms with Crippen LogP contribution >= 0.6 is 0 Å². The second kappa shape index (κ2) is 4.98. The molecule has 2 N–H and O–H groups in total. The number of nitrogens with one attached hydrogen (secondary N) is 2. The summed E-state index contributed by atoms with van der Waals surface area (Å²) in [5.41, 5.74) is 4.07. The molecule has 0 aliphatic rings. The van der Waals surface area contributed by atoms with Gasteiger partial charge in [0, 0.05) is 11.6 Å². The van der Waals surface area contributed by atoms with Crippen LogP contribution in [0.15, 0.2) is 18.2 Å². The van der Waals surface area contributed by atoms with Gasteiger partial charge in [-0.3, -0.25) is 0 Å². The fourth-order valence-electron chi connectivity index (χ4n) is 2.20. The molecule has 0 aliphatic carbocycles. The van der Waals surface area contributed by atoms with E-state index in [0.29, 0.717) is 6.04 Å². The van der Waals surface area contributed by atoms with Crippen molar-refractivity contribution < 1.29 is 0 Å². The third-order valence-electron chi connectivity index (χ3n) is 3.39. The van der Waals surface area contributed by atoms with E-state index >= 15 is 0 Å². The average Bonchev–Trinajstić information content (AvgIpc) is 2.22. The Morgan fingerprint density at radius 3 is 2.19 bits per heavy atom. The lowest BCUT2D eigenvalue weighted by molar-refractivity contribution is 0.310. The molecule has 0 spiro atoms. The molecular weight excluding hydrogens is 196 g/mol. The molecule has 1 aromatic carbocycles. The Balaban J connectivity index is 3.14. The van der Waals surface area contributed by atoms with Crippen LogP contribution in [0, 0.1) is 13.8 Å². The molecule has 0 aliphatic heterocycles. The fraction of sp³-hybridized carbons (Fsp3) is 0.571. The maximum Gasteiger partial charge on any atom is 0.0499 e. The molecule has 1 unspecified atom stereocenters. The van der Waals surface area contributed by atoms with Crippen molar-refractivity contribution in [2.75, 3.05) is 14.1 Å². The first-order valence-corrected chi connectivity index (χ1v) is 5.85. The number of hydrogen-bond donors (Lipinski definition) is 2. The Morgan fingerprint density at radius 1 is 1.12 bits per heavy atom. The Hall–Kier alpha value is -0.860. The molecule has 0 bridgehead atoms. The highest BCUT2D eigenvalue weighted by molar-refractivity contribution is 5.34. The summed E-state index contributed by atoms with van der Waals surface area (Å²) < 4.78 is 0. The van der Waals surface area contributed by atoms with E-state index in [0.717, 1.165) is 0 Å². The zero-order valence-electron chi connectivity index (χ0n) is 11.3. The van der Waals surface area contributed by atoms with Gasteiger partial charge in [0.15, 0.2) is 0 Å². The molecule has 1 atom stereocenters. The molecule has 2 heteroatoms. The van der Waals surface area contributed by atoms with Crippen LogP contribution in [-0.2, 0) is 0 Å². The number of aryl methyl sites for hydroxylation is 2. The van der Waals surface area contributed by atoms with E-state index in [1.54, 1.807) is 0 Å². The first-order chi connectivity index (χ1) is 7.42. The highest BCUT2D eigenvalue weighted by atomic mass is 15.0. The summed E-state index contributed by atoms with van der Waals surface area (Å²) in [6.07, 6.45) is 0. The van der Waals surface area contributed by atoms with Gasteiger partial charge in [-0.1, -0.05) is 23.8 Å². The maximum atomic E-state index is 3.41. The molecule has 1 rings (SSSR count). The Morgan fingerprint density at radius 2 is 1.75 bits per heavy atom. The van der Waals surface area contributed by atoms with Gasteiger partial charge in [0.2, 0.25) is 0 Å². The van der Waals surface area contributed by atoms with Gasteiger partial charge >= 0.3 is 0 Å². The third kappa shape index (κ3) is 2.63. The van der Waals surface area contributed by atoms with E-state index in [1.165, 1.54) is 16.7 Å². The zero-order chi connectivity index (χ0) is 12.3. The molecule has 0 saturated heterocycles. The molecule has 0 saturated carbocycles. The molecule has 0 fully saturated rings. The van der Waals surface area contributed by atoms with Gasteiger partial charge in [-0.05, 0) is 52.9 Å². The largest absolute Gasteiger partial charge is 0.313 e. The third-order valence-corrected chi connectivity index (χ3v) is 3.39. The van der Waals surface area contributed by atoms with Gasteiger partial charge in [0.05, 0.1) is 0 Å². The van der Waals surface area contributed by atoms with Crippen molar-refractivity contribution in [3.05, 3.63) is 34.9 Å². The summed E-state index contributed by atoms with van der Waals surface area (Å²) in [6.45, 7) is 8.74. The predicted octanol–water partition coefficient (Wildman–Crippen LogP) is 2.56. The molecule has 0 amide bonds. The first-order valence-electron chi connectivity index (χ1n) is 5.85. The van der Waals surface area contributed by atoms with Gasteiger partial charge in [0.1, 0.15) is 0 Å². The molecule has 90 valence electrons. The van der Waals surface area contributed by atoms with Gasteiger partial charge in [-0.15, -0.1) is 0 Å². The summed E-state index contributed by atoms with van der Waals surface area (Å²) in [7, 11) is 4.02. The normalized spacial score (nSPS) is 13.9. The van der Waals surface area contributed by atoms with Crippen LogP contribution in [0.2, 0.25) is 0 Å². The standard InChI is InChI=1S/C14H24N2/c1-10-7-8-12(11(2)9-10)13(15-5)14(3,4)16-6/h7-9,13,15-16H,1-6H3. The molecular formula is C14H24N2. The molecule has 0 radical (unpaired) electrons. The molecule has 2 nitrogen and oxygen atoms in total. The lowest BCUT2D eigenvalue weighted by atomic mass is 9.86. The van der Waals surface area contributed by atoms with Crippen LogP contribution in [0.3, 0.4) is 0 Å². The summed E-state index contributed by atoms with van der Waals surface area (Å²) in [5, 5.41) is 6.78. The number of rotatable bonds is 4. The fourth-order valence-corrected chi connectivity index (χ4v) is 2.20. The van der Waals surface area contributed by atoms with Gasteiger partial charge in [-0.25, -0.2) is 0 Å². The maximum absolute atomic E-state index is 3.41. The van der Waals surface area contributed by atoms with Crippen LogP contribution in [0.1, 0.15) is 36.6 Å². The van der Waals surface area contributed by atoms with Crippen molar-refractivity contribution in [1.29, 1.82) is 0 Å². The monoisotopic (exact) mass is 220 g/mol. The lowest BCUT2D eigenvalue weighted by Gasteiger charge is -2.35. The van der Waals surface area contributed by atoms with Crippen LogP contribution in [0.25, 0.3) is 0 Å². The topological polar surface area (TPSA) is 24.1 Å². The smallest absolute Gasteiger partial charge is 0.0499 e. The van der Waals surface area contributed by atoms with E-state index in [1.807, 2.05) is 14.1 Å². The number of benzene rings is 1. The summed E-state index contributed by atoms with van der Waals surface area (Å²) in [4.78, 5) is 0. The van der Waals surface area contributed by atoms with Crippen molar-refractivity contribution in [1.82, 2.24) is 10.6 Å². The molecule has 1 aromatic rings. The minimum Gasteiger partial charge on any atom is -0.313 e. The van der Waals surface area contributed by atoms with Crippen molar-refractivity contribution in [3.8, 4) is 0 Å². The van der Waals surface area contributed by atoms with Crippen molar-refractivity contribution >= 4 is 0 Å². The number of hydrogen-bond acceptors (Lipinski definition) is 2. The van der Waals surface area contributed by atoms with E-state index in [2.05, 4.69) is 56.5 Å². The van der Waals surface area contributed by atoms with Gasteiger partial charge < -0.3 is 10.6 Å². The summed E-state index contributed by atoms with van der Waals surface area (Å²) in [5.74, 6) is 0. The number of likely N-dealkylation sites (N-methyl/N-ethyl adjacent to an activating group) is 2. The van der Waals surface area contributed by atoms with Crippen molar-refractivity contribution in [2.45, 2.75) is 39.3 Å². The Bertz CT molecular complexity index is 356. The van der Waals surface area contributed by atoms with Crippen LogP contribution in [-0.4, -0.2) is 19.6 Å². The highest BCUT2D eigenvalue weighted by Gasteiger charge is 2.28. The SMILES string of the molecule is CNC(c1ccc(C)cc1C)C(C)(C)NC. The van der Waals surface area contributed by atoms with E-state index in [-0.39, 0.29) is 5.54 Å². The summed E-state index contributed by atoms with van der Waals surface area (Å²) in [6, 6.07) is 6.97. The Kier molecular flexibility index (Phi) is 4.11. The van der Waals surface area contributed by atoms with E-state index in [9.17, 15) is 0 Å². The molecule has 0 heterocycles. The van der Waals surface area contributed by atoms with E-state index in [4.69, 9.17) is 0 Å². The summed E-state index contributed by atoms with van der Waals surface area (Å²) >= 11 is 0. The van der Waals surface area contributed by atoms with Gasteiger partial charge in [-0.2, -0.15) is 0 Å². The second-order valence-electron chi connectivity index (χ2n) is 5.05. The lowest BCUT2D eigenvalue weighted by Crippen LogP contribution is -2.47. The minimum absolute atomic E-state index is 0.0365. The van der Waals surface area contributed by atoms with Crippen LogP contribution in [0.5, 0.6) is 0 Å². The highest BCUT2D eigenvalue weighted by Crippen LogP contribution is 2.27. The minimum atomic E-state index is 0.0365. The zero-order valence-corrected chi connectivity index (χ0v) is 11.3. The van der Waals surface area contributed by atoms with E-state index < -0.39 is 0 Å². The van der Waals surface area contributed by atoms with Crippen molar-refractivity contribution in [2.24, 2.45) is 0 Å². The van der Waals surface area contributed by atoms with Gasteiger partial charge in [0.25, 0.3) is 0 Å². The Labute approximate surface area is 99.5 Å². The first kappa shape index (κ1) is 13.2. The molecule has 0 aromatic heterocycles. The average molecular weight is 220 g/mol. The van der Waals surface area contributed by atoms with Crippen molar-refractivity contribution in [3.63, 3.8) is 0 Å². The molecule has 16 heavy (non-hydrogen) atoms. The second-order valence-corrected chi connectivity index (χ2v) is 5.05. The predicted molar refractivity (Wildman–Crippen MR) is 70.9 cm³/mol. The quantitative estimate of drug-likeness (QED) is 0.815. The van der Waals surface area contributed by atoms with Crippen LogP contribution < -0.4 is 10.6 Å².